The molecule has 0 unspecified atom stereocenters. The highest BCUT2D eigenvalue weighted by molar-refractivity contribution is 7.90. The van der Waals surface area contributed by atoms with E-state index in [4.69, 9.17) is 0 Å². The van der Waals surface area contributed by atoms with Crippen molar-refractivity contribution in [1.82, 2.24) is 4.57 Å². The molecule has 7 heteroatoms. The topological polar surface area (TPSA) is 76.4 Å². The van der Waals surface area contributed by atoms with Crippen molar-refractivity contribution in [3.8, 4) is 0 Å². The fourth-order valence-electron chi connectivity index (χ4n) is 4.03. The first-order chi connectivity index (χ1) is 14.1. The highest BCUT2D eigenvalue weighted by Gasteiger charge is 2.21. The minimum absolute atomic E-state index is 0.219. The molecular formula is C23H20FNO4S. The molecule has 0 radical (unpaired) electrons. The zero-order chi connectivity index (χ0) is 21.6. The highest BCUT2D eigenvalue weighted by atomic mass is 32.2. The van der Waals surface area contributed by atoms with E-state index in [9.17, 15) is 22.7 Å². The number of hydrogen-bond acceptors (Lipinski definition) is 3. The van der Waals surface area contributed by atoms with Crippen LogP contribution < -0.4 is 0 Å². The summed E-state index contributed by atoms with van der Waals surface area (Å²) >= 11 is 0. The third-order valence-electron chi connectivity index (χ3n) is 5.41. The Morgan fingerprint density at radius 1 is 1.07 bits per heavy atom. The third-order valence-corrected chi connectivity index (χ3v) is 6.58. The number of carbonyl (C=O) groups is 1. The van der Waals surface area contributed by atoms with Crippen molar-refractivity contribution in [1.29, 1.82) is 0 Å². The van der Waals surface area contributed by atoms with Crippen molar-refractivity contribution in [3.63, 3.8) is 0 Å². The Balaban J connectivity index is 1.97. The smallest absolute Gasteiger partial charge is 0.323 e. The summed E-state index contributed by atoms with van der Waals surface area (Å²) in [5.74, 6) is -1.44. The van der Waals surface area contributed by atoms with Crippen molar-refractivity contribution in [2.24, 2.45) is 0 Å². The van der Waals surface area contributed by atoms with E-state index in [1.165, 1.54) is 18.4 Å². The van der Waals surface area contributed by atoms with Gasteiger partial charge < -0.3 is 9.67 Å². The number of benzene rings is 3. The number of carboxylic acids is 1. The molecule has 0 spiro atoms. The maximum Gasteiger partial charge on any atom is 0.323 e. The molecule has 0 aliphatic rings. The molecular weight excluding hydrogens is 405 g/mol. The average molecular weight is 425 g/mol. The number of aromatic nitrogens is 1. The number of carboxylic acid groups (broad SMARTS) is 1. The lowest BCUT2D eigenvalue weighted by Crippen LogP contribution is -2.10. The number of hydrogen-bond donors (Lipinski definition) is 1. The van der Waals surface area contributed by atoms with Gasteiger partial charge in [-0.25, -0.2) is 12.8 Å². The molecule has 30 heavy (non-hydrogen) atoms. The number of halogens is 1. The lowest BCUT2D eigenvalue weighted by atomic mass is 9.99. The van der Waals surface area contributed by atoms with Crippen molar-refractivity contribution in [3.05, 3.63) is 77.2 Å². The predicted molar refractivity (Wildman–Crippen MR) is 114 cm³/mol. The van der Waals surface area contributed by atoms with E-state index in [0.29, 0.717) is 27.7 Å². The summed E-state index contributed by atoms with van der Waals surface area (Å²) < 4.78 is 40.6. The Bertz CT molecular complexity index is 1420. The Labute approximate surface area is 173 Å². The van der Waals surface area contributed by atoms with Crippen LogP contribution in [0.15, 0.2) is 59.5 Å². The van der Waals surface area contributed by atoms with Gasteiger partial charge in [-0.2, -0.15) is 0 Å². The van der Waals surface area contributed by atoms with Gasteiger partial charge >= 0.3 is 5.97 Å². The van der Waals surface area contributed by atoms with E-state index < -0.39 is 21.6 Å². The van der Waals surface area contributed by atoms with Crippen LogP contribution in [0.25, 0.3) is 21.7 Å². The zero-order valence-electron chi connectivity index (χ0n) is 16.5. The molecule has 0 atom stereocenters. The first kappa shape index (κ1) is 20.1. The Hall–Kier alpha value is -3.19. The van der Waals surface area contributed by atoms with Crippen LogP contribution in [-0.2, 0) is 27.6 Å². The van der Waals surface area contributed by atoms with Gasteiger partial charge in [0, 0.05) is 29.3 Å². The second kappa shape index (κ2) is 7.25. The van der Waals surface area contributed by atoms with Gasteiger partial charge in [-0.05, 0) is 59.2 Å². The molecule has 0 saturated heterocycles. The monoisotopic (exact) mass is 425 g/mol. The molecule has 154 valence electrons. The normalized spacial score (nSPS) is 12.0. The van der Waals surface area contributed by atoms with Gasteiger partial charge in [0.05, 0.1) is 4.90 Å². The van der Waals surface area contributed by atoms with Crippen molar-refractivity contribution < 1.29 is 22.7 Å². The van der Waals surface area contributed by atoms with Crippen LogP contribution in [-0.4, -0.2) is 30.3 Å². The molecule has 4 aromatic rings. The van der Waals surface area contributed by atoms with Crippen molar-refractivity contribution in [2.45, 2.75) is 24.8 Å². The number of fused-ring (bicyclic) bond motifs is 2. The first-order valence-corrected chi connectivity index (χ1v) is 11.2. The minimum atomic E-state index is -3.51. The van der Waals surface area contributed by atoms with Crippen molar-refractivity contribution in [2.75, 3.05) is 6.26 Å². The molecule has 0 fully saturated rings. The summed E-state index contributed by atoms with van der Waals surface area (Å²) in [6, 6.07) is 15.2. The Morgan fingerprint density at radius 3 is 2.37 bits per heavy atom. The van der Waals surface area contributed by atoms with Crippen LogP contribution in [0.2, 0.25) is 0 Å². The zero-order valence-corrected chi connectivity index (χ0v) is 17.3. The number of aliphatic carboxylic acids is 1. The van der Waals surface area contributed by atoms with Gasteiger partial charge in [0.2, 0.25) is 0 Å². The van der Waals surface area contributed by atoms with Crippen molar-refractivity contribution >= 4 is 37.5 Å². The SMILES string of the molecule is Cc1c(Cc2cc3ccccc3cc2S(C)(=O)=O)c2cc(F)ccc2n1CC(=O)O. The second-order valence-electron chi connectivity index (χ2n) is 7.46. The predicted octanol–water partition coefficient (Wildman–Crippen LogP) is 4.32. The molecule has 0 saturated carbocycles. The Morgan fingerprint density at radius 2 is 1.73 bits per heavy atom. The summed E-state index contributed by atoms with van der Waals surface area (Å²) in [6.45, 7) is 1.52. The van der Waals surface area contributed by atoms with E-state index in [0.717, 1.165) is 10.8 Å². The quantitative estimate of drug-likeness (QED) is 0.517. The van der Waals surface area contributed by atoms with E-state index >= 15 is 0 Å². The molecule has 0 amide bonds. The van der Waals surface area contributed by atoms with E-state index in [1.807, 2.05) is 30.3 Å². The van der Waals surface area contributed by atoms with Crippen LogP contribution in [0.4, 0.5) is 4.39 Å². The van der Waals surface area contributed by atoms with Gasteiger partial charge in [-0.15, -0.1) is 0 Å². The highest BCUT2D eigenvalue weighted by Crippen LogP contribution is 2.32. The van der Waals surface area contributed by atoms with Gasteiger partial charge in [-0.1, -0.05) is 24.3 Å². The minimum Gasteiger partial charge on any atom is -0.480 e. The van der Waals surface area contributed by atoms with Crippen LogP contribution >= 0.6 is 0 Å². The Kier molecular flexibility index (Phi) is 4.86. The summed E-state index contributed by atoms with van der Waals surface area (Å²) in [5.41, 5.74) is 2.59. The summed E-state index contributed by atoms with van der Waals surface area (Å²) in [4.78, 5) is 11.6. The maximum atomic E-state index is 14.0. The molecule has 1 N–H and O–H groups in total. The van der Waals surface area contributed by atoms with Crippen LogP contribution in [0.5, 0.6) is 0 Å². The third kappa shape index (κ3) is 3.57. The van der Waals surface area contributed by atoms with Crippen LogP contribution in [0.3, 0.4) is 0 Å². The van der Waals surface area contributed by atoms with Gasteiger partial charge in [0.1, 0.15) is 12.4 Å². The summed E-state index contributed by atoms with van der Waals surface area (Å²) in [5, 5.41) is 11.6. The van der Waals surface area contributed by atoms with Crippen LogP contribution in [0.1, 0.15) is 16.8 Å². The summed E-state index contributed by atoms with van der Waals surface area (Å²) in [6.07, 6.45) is 1.41. The molecule has 3 aromatic carbocycles. The number of sulfone groups is 1. The van der Waals surface area contributed by atoms with Gasteiger partial charge in [0.15, 0.2) is 9.84 Å². The van der Waals surface area contributed by atoms with E-state index in [2.05, 4.69) is 0 Å². The number of nitrogens with zero attached hydrogens (tertiary/aromatic N) is 1. The largest absolute Gasteiger partial charge is 0.480 e. The molecule has 5 nitrogen and oxygen atoms in total. The molecule has 1 heterocycles. The van der Waals surface area contributed by atoms with Crippen LogP contribution in [0, 0.1) is 12.7 Å². The fraction of sp³-hybridized carbons (Fsp3) is 0.174. The second-order valence-corrected chi connectivity index (χ2v) is 9.45. The molecule has 0 aliphatic carbocycles. The molecule has 0 bridgehead atoms. The lowest BCUT2D eigenvalue weighted by Gasteiger charge is -2.11. The fourth-order valence-corrected chi connectivity index (χ4v) is 4.97. The maximum absolute atomic E-state index is 14.0. The van der Waals surface area contributed by atoms with E-state index in [1.54, 1.807) is 23.6 Å². The lowest BCUT2D eigenvalue weighted by molar-refractivity contribution is -0.137. The van der Waals surface area contributed by atoms with Gasteiger partial charge in [-0.3, -0.25) is 4.79 Å². The van der Waals surface area contributed by atoms with Gasteiger partial charge in [0.25, 0.3) is 0 Å². The van der Waals surface area contributed by atoms with E-state index in [-0.39, 0.29) is 17.9 Å². The molecule has 0 aliphatic heterocycles. The average Bonchev–Trinajstić information content (AvgIpc) is 2.91. The standard InChI is InChI=1S/C23H20FNO4S/c1-14-19(20-12-18(24)7-8-21(20)25(14)13-23(26)27)10-17-9-15-5-3-4-6-16(15)11-22(17)30(2,28)29/h3-9,11-12H,10,13H2,1-2H3,(H,26,27). The first-order valence-electron chi connectivity index (χ1n) is 9.36. The summed E-state index contributed by atoms with van der Waals surface area (Å²) in [7, 11) is -3.51. The molecule has 4 rings (SSSR count). The molecule has 1 aromatic heterocycles. The number of rotatable bonds is 5.